The molecule has 1 saturated carbocycles. The summed E-state index contributed by atoms with van der Waals surface area (Å²) in [6, 6.07) is 2.26. The summed E-state index contributed by atoms with van der Waals surface area (Å²) >= 11 is 1.90. The molecule has 1 aliphatic rings. The van der Waals surface area contributed by atoms with E-state index in [9.17, 15) is 4.79 Å². The van der Waals surface area contributed by atoms with Crippen LogP contribution in [0.1, 0.15) is 42.7 Å². The number of hydrogen-bond acceptors (Lipinski definition) is 3. The zero-order valence-electron chi connectivity index (χ0n) is 10.8. The van der Waals surface area contributed by atoms with Gasteiger partial charge in [-0.15, -0.1) is 0 Å². The molecule has 0 radical (unpaired) electrons. The standard InChI is InChI=1S/C13H21N3OS/c1-2-18-7-3-6-15-13(17)12-8-10(14)9-16(12)11-4-5-11/h8-9,11H,2-7,14H2,1H3,(H,15,17). The molecule has 2 rings (SSSR count). The van der Waals surface area contributed by atoms with E-state index in [1.54, 1.807) is 6.07 Å². The Kier molecular flexibility index (Phi) is 4.58. The van der Waals surface area contributed by atoms with Crippen molar-refractivity contribution < 1.29 is 4.79 Å². The summed E-state index contributed by atoms with van der Waals surface area (Å²) < 4.78 is 2.02. The van der Waals surface area contributed by atoms with E-state index in [4.69, 9.17) is 5.73 Å². The summed E-state index contributed by atoms with van der Waals surface area (Å²) in [7, 11) is 0. The van der Waals surface area contributed by atoms with Crippen molar-refractivity contribution in [2.24, 2.45) is 0 Å². The Bertz CT molecular complexity index is 412. The van der Waals surface area contributed by atoms with Gasteiger partial charge in [0.1, 0.15) is 5.69 Å². The van der Waals surface area contributed by atoms with Crippen LogP contribution in [0.3, 0.4) is 0 Å². The molecule has 1 amide bonds. The SMILES string of the molecule is CCSCCCNC(=O)c1cc(N)cn1C1CC1. The van der Waals surface area contributed by atoms with Gasteiger partial charge in [-0.2, -0.15) is 11.8 Å². The van der Waals surface area contributed by atoms with Crippen molar-refractivity contribution in [3.63, 3.8) is 0 Å². The molecule has 0 spiro atoms. The lowest BCUT2D eigenvalue weighted by atomic mass is 10.3. The van der Waals surface area contributed by atoms with Crippen molar-refractivity contribution in [2.45, 2.75) is 32.2 Å². The van der Waals surface area contributed by atoms with Crippen LogP contribution in [-0.4, -0.2) is 28.5 Å². The minimum Gasteiger partial charge on any atom is -0.397 e. The highest BCUT2D eigenvalue weighted by molar-refractivity contribution is 7.99. The third-order valence-electron chi connectivity index (χ3n) is 3.00. The Balaban J connectivity index is 1.84. The topological polar surface area (TPSA) is 60.1 Å². The fourth-order valence-corrected chi connectivity index (χ4v) is 2.59. The van der Waals surface area contributed by atoms with Crippen molar-refractivity contribution in [1.82, 2.24) is 9.88 Å². The number of thioether (sulfide) groups is 1. The molecule has 1 aromatic rings. The van der Waals surface area contributed by atoms with Crippen LogP contribution >= 0.6 is 11.8 Å². The number of nitrogens with two attached hydrogens (primary N) is 1. The molecule has 0 aliphatic heterocycles. The second-order valence-electron chi connectivity index (χ2n) is 4.60. The number of rotatable bonds is 7. The summed E-state index contributed by atoms with van der Waals surface area (Å²) in [4.78, 5) is 12.0. The van der Waals surface area contributed by atoms with E-state index in [2.05, 4.69) is 12.2 Å². The molecule has 1 heterocycles. The summed E-state index contributed by atoms with van der Waals surface area (Å²) in [5, 5.41) is 2.97. The van der Waals surface area contributed by atoms with Crippen LogP contribution in [0, 0.1) is 0 Å². The Hall–Kier alpha value is -1.10. The molecule has 5 heteroatoms. The Morgan fingerprint density at radius 3 is 3.06 bits per heavy atom. The van der Waals surface area contributed by atoms with Gasteiger partial charge in [-0.1, -0.05) is 6.92 Å². The van der Waals surface area contributed by atoms with Crippen LogP contribution < -0.4 is 11.1 Å². The van der Waals surface area contributed by atoms with Gasteiger partial charge >= 0.3 is 0 Å². The first-order valence-corrected chi connectivity index (χ1v) is 7.71. The van der Waals surface area contributed by atoms with Crippen LogP contribution in [-0.2, 0) is 0 Å². The number of hydrogen-bond donors (Lipinski definition) is 2. The van der Waals surface area contributed by atoms with Crippen molar-refractivity contribution >= 4 is 23.4 Å². The molecule has 4 nitrogen and oxygen atoms in total. The van der Waals surface area contributed by atoms with Crippen LogP contribution in [0.2, 0.25) is 0 Å². The average molecular weight is 267 g/mol. The second-order valence-corrected chi connectivity index (χ2v) is 6.00. The number of carbonyl (C=O) groups excluding carboxylic acids is 1. The minimum atomic E-state index is 0.0000912. The molecule has 3 N–H and O–H groups in total. The molecule has 0 atom stereocenters. The summed E-state index contributed by atoms with van der Waals surface area (Å²) in [6.07, 6.45) is 5.20. The van der Waals surface area contributed by atoms with Gasteiger partial charge in [0.2, 0.25) is 0 Å². The zero-order valence-corrected chi connectivity index (χ0v) is 11.6. The van der Waals surface area contributed by atoms with Crippen LogP contribution in [0.15, 0.2) is 12.3 Å². The molecule has 0 saturated heterocycles. The van der Waals surface area contributed by atoms with Gasteiger partial charge in [0.05, 0.1) is 5.69 Å². The van der Waals surface area contributed by atoms with Gasteiger partial charge in [-0.25, -0.2) is 0 Å². The maximum absolute atomic E-state index is 12.0. The smallest absolute Gasteiger partial charge is 0.267 e. The third kappa shape index (κ3) is 3.45. The maximum atomic E-state index is 12.0. The number of amides is 1. The van der Waals surface area contributed by atoms with Gasteiger partial charge in [0, 0.05) is 18.8 Å². The number of aromatic nitrogens is 1. The third-order valence-corrected chi connectivity index (χ3v) is 3.98. The van der Waals surface area contributed by atoms with Gasteiger partial charge in [0.15, 0.2) is 0 Å². The molecular weight excluding hydrogens is 246 g/mol. The molecular formula is C13H21N3OS. The molecule has 0 aromatic carbocycles. The molecule has 1 aromatic heterocycles. The number of anilines is 1. The largest absolute Gasteiger partial charge is 0.397 e. The second kappa shape index (κ2) is 6.18. The fraction of sp³-hybridized carbons (Fsp3) is 0.615. The molecule has 100 valence electrons. The minimum absolute atomic E-state index is 0.0000912. The number of nitrogen functional groups attached to an aromatic ring is 1. The maximum Gasteiger partial charge on any atom is 0.267 e. The lowest BCUT2D eigenvalue weighted by Crippen LogP contribution is -2.26. The lowest BCUT2D eigenvalue weighted by Gasteiger charge is -2.08. The van der Waals surface area contributed by atoms with Gasteiger partial charge in [-0.05, 0) is 36.8 Å². The van der Waals surface area contributed by atoms with Crippen LogP contribution in [0.5, 0.6) is 0 Å². The van der Waals surface area contributed by atoms with Crippen molar-refractivity contribution in [1.29, 1.82) is 0 Å². The molecule has 1 aliphatic carbocycles. The molecule has 0 unspecified atom stereocenters. The Labute approximate surface area is 112 Å². The predicted octanol–water partition coefficient (Wildman–Crippen LogP) is 2.28. The monoisotopic (exact) mass is 267 g/mol. The summed E-state index contributed by atoms with van der Waals surface area (Å²) in [5.74, 6) is 2.23. The normalized spacial score (nSPS) is 14.7. The quantitative estimate of drug-likeness (QED) is 0.745. The van der Waals surface area contributed by atoms with Crippen molar-refractivity contribution in [2.75, 3.05) is 23.8 Å². The number of nitrogens with zero attached hydrogens (tertiary/aromatic N) is 1. The summed E-state index contributed by atoms with van der Waals surface area (Å²) in [6.45, 7) is 2.89. The van der Waals surface area contributed by atoms with Crippen molar-refractivity contribution in [3.8, 4) is 0 Å². The first-order valence-electron chi connectivity index (χ1n) is 6.55. The Morgan fingerprint density at radius 1 is 1.61 bits per heavy atom. The van der Waals surface area contributed by atoms with E-state index in [0.717, 1.165) is 37.3 Å². The fourth-order valence-electron chi connectivity index (χ4n) is 1.95. The van der Waals surface area contributed by atoms with Crippen molar-refractivity contribution in [3.05, 3.63) is 18.0 Å². The summed E-state index contributed by atoms with van der Waals surface area (Å²) in [5.41, 5.74) is 7.15. The van der Waals surface area contributed by atoms with Gasteiger partial charge < -0.3 is 15.6 Å². The molecule has 0 bridgehead atoms. The van der Waals surface area contributed by atoms with Gasteiger partial charge in [0.25, 0.3) is 5.91 Å². The number of carbonyl (C=O) groups is 1. The highest BCUT2D eigenvalue weighted by Crippen LogP contribution is 2.37. The van der Waals surface area contributed by atoms with Gasteiger partial charge in [-0.3, -0.25) is 4.79 Å². The van der Waals surface area contributed by atoms with E-state index in [-0.39, 0.29) is 5.91 Å². The van der Waals surface area contributed by atoms with E-state index >= 15 is 0 Å². The number of nitrogens with one attached hydrogen (secondary N) is 1. The van der Waals surface area contributed by atoms with Crippen LogP contribution in [0.4, 0.5) is 5.69 Å². The Morgan fingerprint density at radius 2 is 2.39 bits per heavy atom. The predicted molar refractivity (Wildman–Crippen MR) is 77.1 cm³/mol. The first kappa shape index (κ1) is 13.3. The van der Waals surface area contributed by atoms with E-state index in [1.165, 1.54) is 0 Å². The lowest BCUT2D eigenvalue weighted by molar-refractivity contribution is 0.0944. The average Bonchev–Trinajstić information content (AvgIpc) is 3.12. The van der Waals surface area contributed by atoms with E-state index < -0.39 is 0 Å². The first-order chi connectivity index (χ1) is 8.72. The molecule has 1 fully saturated rings. The zero-order chi connectivity index (χ0) is 13.0. The highest BCUT2D eigenvalue weighted by Gasteiger charge is 2.27. The van der Waals surface area contributed by atoms with Crippen LogP contribution in [0.25, 0.3) is 0 Å². The molecule has 18 heavy (non-hydrogen) atoms. The highest BCUT2D eigenvalue weighted by atomic mass is 32.2. The van der Waals surface area contributed by atoms with E-state index in [0.29, 0.717) is 17.4 Å². The van der Waals surface area contributed by atoms with E-state index in [1.807, 2.05) is 22.5 Å².